The van der Waals surface area contributed by atoms with Crippen LogP contribution in [0.2, 0.25) is 0 Å². The van der Waals surface area contributed by atoms with E-state index >= 15 is 0 Å². The second-order valence-corrected chi connectivity index (χ2v) is 17.1. The van der Waals surface area contributed by atoms with Gasteiger partial charge in [0, 0.05) is 37.2 Å². The zero-order valence-corrected chi connectivity index (χ0v) is 34.2. The van der Waals surface area contributed by atoms with Gasteiger partial charge in [-0.3, -0.25) is 0 Å². The summed E-state index contributed by atoms with van der Waals surface area (Å²) in [5.41, 5.74) is 15.3. The molecule has 0 amide bonds. The lowest BCUT2D eigenvalue weighted by atomic mass is 9.67. The van der Waals surface area contributed by atoms with Gasteiger partial charge in [0.1, 0.15) is 0 Å². The van der Waals surface area contributed by atoms with E-state index in [1.54, 1.807) is 0 Å². The molecule has 286 valence electrons. The Morgan fingerprint density at radius 2 is 0.902 bits per heavy atom. The first-order valence-corrected chi connectivity index (χ1v) is 21.8. The quantitative estimate of drug-likeness (QED) is 0.155. The summed E-state index contributed by atoms with van der Waals surface area (Å²) in [4.78, 5) is 2.44. The molecule has 1 nitrogen and oxygen atoms in total. The van der Waals surface area contributed by atoms with Crippen LogP contribution in [0.15, 0.2) is 237 Å². The molecule has 1 aliphatic carbocycles. The second kappa shape index (κ2) is 14.3. The molecule has 12 rings (SSSR count). The van der Waals surface area contributed by atoms with Crippen molar-refractivity contribution in [2.24, 2.45) is 0 Å². The summed E-state index contributed by atoms with van der Waals surface area (Å²) in [5.74, 6) is 0. The Bertz CT molecular complexity index is 3370. The number of anilines is 3. The van der Waals surface area contributed by atoms with E-state index in [1.165, 1.54) is 86.6 Å². The Morgan fingerprint density at radius 3 is 1.72 bits per heavy atom. The van der Waals surface area contributed by atoms with Crippen molar-refractivity contribution in [1.82, 2.24) is 0 Å². The van der Waals surface area contributed by atoms with Crippen molar-refractivity contribution in [3.63, 3.8) is 0 Å². The minimum absolute atomic E-state index is 0.505. The van der Waals surface area contributed by atoms with Crippen LogP contribution in [0.5, 0.6) is 0 Å². The third-order valence-electron chi connectivity index (χ3n) is 12.7. The lowest BCUT2D eigenvalue weighted by Crippen LogP contribution is -2.28. The van der Waals surface area contributed by atoms with Crippen LogP contribution in [-0.4, -0.2) is 0 Å². The van der Waals surface area contributed by atoms with Gasteiger partial charge in [-0.1, -0.05) is 182 Å². The summed E-state index contributed by atoms with van der Waals surface area (Å²) in [6, 6.07) is 87.4. The lowest BCUT2D eigenvalue weighted by molar-refractivity contribution is 0.768. The SMILES string of the molecule is c1ccc(C2(c3ccccc3)c3ccccc3-c3ccc(N(c4ccc(-c5ccc6sc7ccccc7c6c5)cc4)c4cccc(-c5cccc6ccccc56)c4)cc32)cc1. The van der Waals surface area contributed by atoms with Crippen molar-refractivity contribution in [3.05, 3.63) is 259 Å². The van der Waals surface area contributed by atoms with Gasteiger partial charge < -0.3 is 4.90 Å². The maximum absolute atomic E-state index is 2.46. The third kappa shape index (κ3) is 5.68. The minimum Gasteiger partial charge on any atom is -0.310 e. The molecule has 11 aromatic rings. The molecular formula is C59H39NS. The van der Waals surface area contributed by atoms with Gasteiger partial charge in [0.25, 0.3) is 0 Å². The Balaban J connectivity index is 1.06. The van der Waals surface area contributed by atoms with E-state index in [4.69, 9.17) is 0 Å². The average molecular weight is 794 g/mol. The minimum atomic E-state index is -0.505. The summed E-state index contributed by atoms with van der Waals surface area (Å²) >= 11 is 1.86. The molecule has 0 atom stereocenters. The Morgan fingerprint density at radius 1 is 0.311 bits per heavy atom. The number of thiophene rings is 1. The number of hydrogen-bond acceptors (Lipinski definition) is 2. The summed E-state index contributed by atoms with van der Waals surface area (Å²) < 4.78 is 2.65. The van der Waals surface area contributed by atoms with Crippen LogP contribution in [-0.2, 0) is 5.41 Å². The molecule has 0 radical (unpaired) electrons. The highest BCUT2D eigenvalue weighted by atomic mass is 32.1. The fourth-order valence-electron chi connectivity index (χ4n) is 10.0. The highest BCUT2D eigenvalue weighted by molar-refractivity contribution is 7.25. The number of rotatable bonds is 7. The fourth-order valence-corrected chi connectivity index (χ4v) is 11.1. The van der Waals surface area contributed by atoms with Crippen LogP contribution in [0.1, 0.15) is 22.3 Å². The number of benzene rings is 10. The average Bonchev–Trinajstić information content (AvgIpc) is 3.85. The van der Waals surface area contributed by atoms with Crippen molar-refractivity contribution in [2.45, 2.75) is 5.41 Å². The predicted octanol–water partition coefficient (Wildman–Crippen LogP) is 16.4. The molecule has 0 saturated carbocycles. The van der Waals surface area contributed by atoms with Crippen molar-refractivity contribution in [3.8, 4) is 33.4 Å². The molecule has 0 N–H and O–H groups in total. The van der Waals surface area contributed by atoms with E-state index < -0.39 is 5.41 Å². The molecule has 0 bridgehead atoms. The molecular weight excluding hydrogens is 755 g/mol. The largest absolute Gasteiger partial charge is 0.310 e. The van der Waals surface area contributed by atoms with Crippen LogP contribution in [0.4, 0.5) is 17.1 Å². The molecule has 1 aliphatic rings. The summed E-state index contributed by atoms with van der Waals surface area (Å²) in [6.07, 6.45) is 0. The topological polar surface area (TPSA) is 3.24 Å². The summed E-state index contributed by atoms with van der Waals surface area (Å²) in [5, 5.41) is 5.12. The van der Waals surface area contributed by atoms with Crippen molar-refractivity contribution >= 4 is 59.3 Å². The number of nitrogens with zero attached hydrogens (tertiary/aromatic N) is 1. The van der Waals surface area contributed by atoms with Gasteiger partial charge in [-0.2, -0.15) is 0 Å². The maximum Gasteiger partial charge on any atom is 0.0714 e. The first-order valence-electron chi connectivity index (χ1n) is 21.0. The van der Waals surface area contributed by atoms with Crippen LogP contribution >= 0.6 is 11.3 Å². The van der Waals surface area contributed by atoms with E-state index in [-0.39, 0.29) is 0 Å². The second-order valence-electron chi connectivity index (χ2n) is 16.0. The maximum atomic E-state index is 2.46. The highest BCUT2D eigenvalue weighted by Crippen LogP contribution is 2.57. The van der Waals surface area contributed by atoms with Crippen LogP contribution in [0, 0.1) is 0 Å². The standard InChI is InChI=1S/C59H39NS/c1-3-18-44(19-4-1)59(45-20-5-2-6-21-45)55-27-11-9-24-51(55)52-35-34-48(39-56(52)59)60(47-22-13-17-43(37-47)50-26-14-16-41-15-7-8-23-49(41)50)46-32-29-40(30-33-46)42-31-36-58-54(38-42)53-25-10-12-28-57(53)61-58/h1-39H. The highest BCUT2D eigenvalue weighted by Gasteiger charge is 2.46. The van der Waals surface area contributed by atoms with Gasteiger partial charge in [0.15, 0.2) is 0 Å². The zero-order chi connectivity index (χ0) is 40.3. The van der Waals surface area contributed by atoms with Crippen LogP contribution < -0.4 is 4.90 Å². The van der Waals surface area contributed by atoms with E-state index in [0.717, 1.165) is 17.1 Å². The molecule has 10 aromatic carbocycles. The smallest absolute Gasteiger partial charge is 0.0714 e. The van der Waals surface area contributed by atoms with E-state index in [1.807, 2.05) is 11.3 Å². The van der Waals surface area contributed by atoms with Gasteiger partial charge in [-0.25, -0.2) is 0 Å². The zero-order valence-electron chi connectivity index (χ0n) is 33.4. The molecule has 1 aromatic heterocycles. The van der Waals surface area contributed by atoms with Gasteiger partial charge in [-0.05, 0) is 121 Å². The monoisotopic (exact) mass is 793 g/mol. The molecule has 1 heterocycles. The fraction of sp³-hybridized carbons (Fsp3) is 0.0169. The Kier molecular flexibility index (Phi) is 8.33. The summed E-state index contributed by atoms with van der Waals surface area (Å²) in [7, 11) is 0. The van der Waals surface area contributed by atoms with E-state index in [0.29, 0.717) is 0 Å². The third-order valence-corrected chi connectivity index (χ3v) is 13.9. The Labute approximate surface area is 360 Å². The molecule has 0 unspecified atom stereocenters. The number of fused-ring (bicyclic) bond motifs is 7. The predicted molar refractivity (Wildman–Crippen MR) is 260 cm³/mol. The molecule has 0 spiro atoms. The Hall–Kier alpha value is -7.52. The first-order chi connectivity index (χ1) is 30.2. The van der Waals surface area contributed by atoms with Gasteiger partial charge in [0.2, 0.25) is 0 Å². The van der Waals surface area contributed by atoms with Gasteiger partial charge in [-0.15, -0.1) is 11.3 Å². The van der Waals surface area contributed by atoms with E-state index in [2.05, 4.69) is 241 Å². The molecule has 0 aliphatic heterocycles. The van der Waals surface area contributed by atoms with Gasteiger partial charge >= 0.3 is 0 Å². The van der Waals surface area contributed by atoms with Crippen LogP contribution in [0.25, 0.3) is 64.3 Å². The van der Waals surface area contributed by atoms with E-state index in [9.17, 15) is 0 Å². The normalized spacial score (nSPS) is 12.7. The van der Waals surface area contributed by atoms with Crippen molar-refractivity contribution in [1.29, 1.82) is 0 Å². The molecule has 0 saturated heterocycles. The molecule has 0 fully saturated rings. The number of hydrogen-bond donors (Lipinski definition) is 0. The van der Waals surface area contributed by atoms with Crippen molar-refractivity contribution < 1.29 is 0 Å². The lowest BCUT2D eigenvalue weighted by Gasteiger charge is -2.35. The van der Waals surface area contributed by atoms with Gasteiger partial charge in [0.05, 0.1) is 5.41 Å². The molecule has 2 heteroatoms. The summed E-state index contributed by atoms with van der Waals surface area (Å²) in [6.45, 7) is 0. The molecule has 61 heavy (non-hydrogen) atoms. The van der Waals surface area contributed by atoms with Crippen molar-refractivity contribution in [2.75, 3.05) is 4.90 Å². The first kappa shape index (κ1) is 35.4. The van der Waals surface area contributed by atoms with Crippen LogP contribution in [0.3, 0.4) is 0 Å².